The average Bonchev–Trinajstić information content (AvgIpc) is 3.00. The molecule has 0 N–H and O–H groups in total. The highest BCUT2D eigenvalue weighted by atomic mass is 16.5. The van der Waals surface area contributed by atoms with E-state index in [1.165, 1.54) is 16.7 Å². The van der Waals surface area contributed by atoms with E-state index in [1.807, 2.05) is 6.92 Å². The Kier molecular flexibility index (Phi) is 4.57. The number of aryl methyl sites for hydroxylation is 2. The van der Waals surface area contributed by atoms with Gasteiger partial charge in [-0.1, -0.05) is 19.1 Å². The molecule has 7 heteroatoms. The molecule has 0 fully saturated rings. The van der Waals surface area contributed by atoms with Crippen molar-refractivity contribution >= 4 is 28.0 Å². The predicted molar refractivity (Wildman–Crippen MR) is 103 cm³/mol. The Bertz CT molecular complexity index is 1290. The van der Waals surface area contributed by atoms with Gasteiger partial charge in [-0.3, -0.25) is 9.36 Å². The van der Waals surface area contributed by atoms with Gasteiger partial charge in [0.05, 0.1) is 11.9 Å². The number of benzene rings is 2. The summed E-state index contributed by atoms with van der Waals surface area (Å²) in [5.41, 5.74) is 1.89. The molecule has 2 aromatic heterocycles. The Labute approximate surface area is 158 Å². The number of hydrogen-bond donors (Lipinski definition) is 0. The highest BCUT2D eigenvalue weighted by Crippen LogP contribution is 2.23. The Morgan fingerprint density at radius 3 is 2.68 bits per heavy atom. The van der Waals surface area contributed by atoms with E-state index in [4.69, 9.17) is 13.6 Å². The second-order valence-electron chi connectivity index (χ2n) is 6.31. The van der Waals surface area contributed by atoms with E-state index in [-0.39, 0.29) is 18.7 Å². The third-order valence-electron chi connectivity index (χ3n) is 4.53. The summed E-state index contributed by atoms with van der Waals surface area (Å²) in [7, 11) is 0. The maximum atomic E-state index is 12.2. The lowest BCUT2D eigenvalue weighted by Crippen LogP contribution is -2.18. The first-order valence-corrected chi connectivity index (χ1v) is 8.91. The Morgan fingerprint density at radius 2 is 1.86 bits per heavy atom. The summed E-state index contributed by atoms with van der Waals surface area (Å²) < 4.78 is 17.1. The first-order valence-electron chi connectivity index (χ1n) is 8.91. The van der Waals surface area contributed by atoms with Gasteiger partial charge in [-0.2, -0.15) is 0 Å². The molecule has 0 aliphatic rings. The van der Waals surface area contributed by atoms with Gasteiger partial charge < -0.3 is 13.6 Å². The van der Waals surface area contributed by atoms with Crippen LogP contribution in [-0.2, 0) is 17.8 Å². The van der Waals surface area contributed by atoms with Gasteiger partial charge in [-0.25, -0.2) is 9.59 Å². The van der Waals surface area contributed by atoms with Gasteiger partial charge in [0.2, 0.25) is 0 Å². The van der Waals surface area contributed by atoms with Crippen LogP contribution in [0.25, 0.3) is 22.1 Å². The van der Waals surface area contributed by atoms with Gasteiger partial charge in [0.25, 0.3) is 0 Å². The van der Waals surface area contributed by atoms with Crippen LogP contribution >= 0.6 is 0 Å². The molecule has 28 heavy (non-hydrogen) atoms. The number of aromatic nitrogens is 1. The van der Waals surface area contributed by atoms with Gasteiger partial charge in [0, 0.05) is 24.1 Å². The molecular formula is C21H17NO6. The van der Waals surface area contributed by atoms with E-state index in [0.29, 0.717) is 23.1 Å². The topological polar surface area (TPSA) is 91.6 Å². The molecule has 4 aromatic rings. The number of ether oxygens (including phenoxy) is 1. The van der Waals surface area contributed by atoms with Crippen molar-refractivity contribution < 1.29 is 18.4 Å². The van der Waals surface area contributed by atoms with Crippen molar-refractivity contribution in [1.82, 2.24) is 4.57 Å². The Morgan fingerprint density at radius 1 is 1.04 bits per heavy atom. The van der Waals surface area contributed by atoms with Crippen LogP contribution in [0.3, 0.4) is 0 Å². The summed E-state index contributed by atoms with van der Waals surface area (Å²) in [4.78, 5) is 35.8. The second-order valence-corrected chi connectivity index (χ2v) is 6.31. The van der Waals surface area contributed by atoms with Crippen LogP contribution in [0.4, 0.5) is 0 Å². The van der Waals surface area contributed by atoms with Crippen LogP contribution < -0.4 is 16.1 Å². The Hall–Kier alpha value is -3.61. The number of oxazole rings is 1. The van der Waals surface area contributed by atoms with E-state index >= 15 is 0 Å². The molecule has 0 saturated carbocycles. The number of nitrogens with zero attached hydrogens (tertiary/aromatic N) is 1. The lowest BCUT2D eigenvalue weighted by atomic mass is 10.1. The van der Waals surface area contributed by atoms with Crippen LogP contribution in [0.1, 0.15) is 18.9 Å². The van der Waals surface area contributed by atoms with Gasteiger partial charge in [0.1, 0.15) is 11.3 Å². The molecule has 0 saturated heterocycles. The molecule has 2 aromatic carbocycles. The maximum Gasteiger partial charge on any atom is 0.419 e. The molecule has 0 bridgehead atoms. The van der Waals surface area contributed by atoms with Crippen molar-refractivity contribution in [3.8, 4) is 5.75 Å². The molecule has 4 rings (SSSR count). The molecule has 2 heterocycles. The van der Waals surface area contributed by atoms with Crippen LogP contribution in [0.15, 0.2) is 67.0 Å². The van der Waals surface area contributed by atoms with Crippen molar-refractivity contribution in [1.29, 1.82) is 0 Å². The minimum Gasteiger partial charge on any atom is -0.426 e. The molecular weight excluding hydrogens is 362 g/mol. The maximum absolute atomic E-state index is 12.2. The van der Waals surface area contributed by atoms with Gasteiger partial charge in [-0.15, -0.1) is 0 Å². The van der Waals surface area contributed by atoms with E-state index < -0.39 is 17.4 Å². The standard InChI is InChI=1S/C21H17NO6/c1-2-13-11-20(24)27-18-12-14(7-8-15(13)18)26-19(23)9-10-22-16-5-3-4-6-17(16)28-21(22)25/h3-8,11-12H,2,9-10H2,1H3. The zero-order valence-electron chi connectivity index (χ0n) is 15.1. The fraction of sp³-hybridized carbons (Fsp3) is 0.190. The summed E-state index contributed by atoms with van der Waals surface area (Å²) in [6.45, 7) is 2.08. The summed E-state index contributed by atoms with van der Waals surface area (Å²) in [5, 5.41) is 0.804. The molecule has 0 amide bonds. The third kappa shape index (κ3) is 3.34. The molecule has 0 unspecified atom stereocenters. The average molecular weight is 379 g/mol. The second kappa shape index (κ2) is 7.19. The zero-order valence-corrected chi connectivity index (χ0v) is 15.1. The highest BCUT2D eigenvalue weighted by molar-refractivity contribution is 5.82. The number of carbonyl (C=O) groups excluding carboxylic acids is 1. The number of carbonyl (C=O) groups is 1. The van der Waals surface area contributed by atoms with E-state index in [9.17, 15) is 14.4 Å². The molecule has 0 aliphatic carbocycles. The zero-order chi connectivity index (χ0) is 19.7. The quantitative estimate of drug-likeness (QED) is 0.300. The van der Waals surface area contributed by atoms with E-state index in [1.54, 1.807) is 36.4 Å². The van der Waals surface area contributed by atoms with Crippen molar-refractivity contribution in [2.75, 3.05) is 0 Å². The number of hydrogen-bond acceptors (Lipinski definition) is 6. The SMILES string of the molecule is CCc1cc(=O)oc2cc(OC(=O)CCn3c(=O)oc4ccccc43)ccc12. The minimum absolute atomic E-state index is 0.0135. The van der Waals surface area contributed by atoms with Crippen molar-refractivity contribution in [2.24, 2.45) is 0 Å². The summed E-state index contributed by atoms with van der Waals surface area (Å²) >= 11 is 0. The predicted octanol–water partition coefficient (Wildman–Crippen LogP) is 3.26. The monoisotopic (exact) mass is 379 g/mol. The lowest BCUT2D eigenvalue weighted by Gasteiger charge is -2.07. The van der Waals surface area contributed by atoms with Crippen LogP contribution in [0.5, 0.6) is 5.75 Å². The third-order valence-corrected chi connectivity index (χ3v) is 4.53. The molecule has 0 radical (unpaired) electrons. The lowest BCUT2D eigenvalue weighted by molar-refractivity contribution is -0.134. The van der Waals surface area contributed by atoms with Gasteiger partial charge in [-0.05, 0) is 36.2 Å². The number of esters is 1. The molecule has 142 valence electrons. The fourth-order valence-electron chi connectivity index (χ4n) is 3.18. The first kappa shape index (κ1) is 17.8. The normalized spacial score (nSPS) is 11.2. The molecule has 0 spiro atoms. The smallest absolute Gasteiger partial charge is 0.419 e. The van der Waals surface area contributed by atoms with E-state index in [2.05, 4.69) is 0 Å². The number of rotatable bonds is 5. The summed E-state index contributed by atoms with van der Waals surface area (Å²) in [6.07, 6.45) is 0.676. The first-order chi connectivity index (χ1) is 13.5. The summed E-state index contributed by atoms with van der Waals surface area (Å²) in [6, 6.07) is 13.4. The molecule has 0 aliphatic heterocycles. The van der Waals surface area contributed by atoms with Gasteiger partial charge >= 0.3 is 17.4 Å². The largest absolute Gasteiger partial charge is 0.426 e. The van der Waals surface area contributed by atoms with Crippen LogP contribution in [0.2, 0.25) is 0 Å². The minimum atomic E-state index is -0.520. The van der Waals surface area contributed by atoms with Crippen LogP contribution in [-0.4, -0.2) is 10.5 Å². The molecule has 0 atom stereocenters. The van der Waals surface area contributed by atoms with Gasteiger partial charge in [0.15, 0.2) is 5.58 Å². The Balaban J connectivity index is 1.51. The molecule has 7 nitrogen and oxygen atoms in total. The van der Waals surface area contributed by atoms with Crippen LogP contribution in [0, 0.1) is 0 Å². The highest BCUT2D eigenvalue weighted by Gasteiger charge is 2.13. The van der Waals surface area contributed by atoms with Crippen molar-refractivity contribution in [2.45, 2.75) is 26.3 Å². The fourth-order valence-corrected chi connectivity index (χ4v) is 3.18. The number of para-hydroxylation sites is 2. The van der Waals surface area contributed by atoms with E-state index in [0.717, 1.165) is 10.9 Å². The van der Waals surface area contributed by atoms with Crippen molar-refractivity contribution in [3.05, 3.63) is 75.1 Å². The summed E-state index contributed by atoms with van der Waals surface area (Å²) in [5.74, 6) is -0.752. The number of fused-ring (bicyclic) bond motifs is 2. The van der Waals surface area contributed by atoms with Crippen molar-refractivity contribution in [3.63, 3.8) is 0 Å².